The molecule has 0 atom stereocenters. The van der Waals surface area contributed by atoms with E-state index >= 15 is 0 Å². The number of hydrogen-bond acceptors (Lipinski definition) is 3. The maximum atomic E-state index is 5.72. The molecule has 1 aromatic rings. The number of benzene rings is 1. The van der Waals surface area contributed by atoms with Gasteiger partial charge < -0.3 is 13.9 Å². The van der Waals surface area contributed by atoms with Gasteiger partial charge in [-0.15, -0.1) is 0 Å². The molecule has 100 valence electrons. The zero-order valence-electron chi connectivity index (χ0n) is 11.4. The lowest BCUT2D eigenvalue weighted by atomic mass is 10.1. The molecule has 0 N–H and O–H groups in total. The van der Waals surface area contributed by atoms with Gasteiger partial charge in [-0.2, -0.15) is 0 Å². The Bertz CT molecular complexity index is 375. The molecule has 0 unspecified atom stereocenters. The van der Waals surface area contributed by atoms with Gasteiger partial charge in [0.25, 0.3) is 0 Å². The molecule has 0 heterocycles. The predicted molar refractivity (Wildman–Crippen MR) is 77.2 cm³/mol. The molecular weight excluding hydrogens is 244 g/mol. The average molecular weight is 266 g/mol. The molecule has 0 fully saturated rings. The molecule has 18 heavy (non-hydrogen) atoms. The zero-order chi connectivity index (χ0) is 13.4. The highest BCUT2D eigenvalue weighted by atomic mass is 28.2. The summed E-state index contributed by atoms with van der Waals surface area (Å²) < 4.78 is 16.3. The Morgan fingerprint density at radius 3 is 2.67 bits per heavy atom. The summed E-state index contributed by atoms with van der Waals surface area (Å²) in [5.41, 5.74) is 1.88. The van der Waals surface area contributed by atoms with Gasteiger partial charge in [0.1, 0.15) is 0 Å². The molecular formula is C14H22O3Si. The lowest BCUT2D eigenvalue weighted by Crippen LogP contribution is -2.38. The lowest BCUT2D eigenvalue weighted by Gasteiger charge is -2.25. The topological polar surface area (TPSA) is 27.7 Å². The monoisotopic (exact) mass is 266 g/mol. The van der Waals surface area contributed by atoms with Crippen LogP contribution in [-0.4, -0.2) is 36.0 Å². The third-order valence-electron chi connectivity index (χ3n) is 2.95. The van der Waals surface area contributed by atoms with E-state index in [0.717, 1.165) is 12.0 Å². The first-order valence-corrected chi connectivity index (χ1v) is 7.31. The Kier molecular flexibility index (Phi) is 6.28. The summed E-state index contributed by atoms with van der Waals surface area (Å²) in [6.45, 7) is 6.38. The second-order valence-electron chi connectivity index (χ2n) is 4.29. The van der Waals surface area contributed by atoms with Crippen molar-refractivity contribution in [1.82, 2.24) is 0 Å². The zero-order valence-corrected chi connectivity index (χ0v) is 12.9. The van der Waals surface area contributed by atoms with Crippen LogP contribution in [0.15, 0.2) is 30.8 Å². The van der Waals surface area contributed by atoms with E-state index in [0.29, 0.717) is 6.61 Å². The summed E-state index contributed by atoms with van der Waals surface area (Å²) in [4.78, 5) is 0. The van der Waals surface area contributed by atoms with Crippen LogP contribution in [0.3, 0.4) is 0 Å². The first-order valence-electron chi connectivity index (χ1n) is 6.03. The highest BCUT2D eigenvalue weighted by molar-refractivity contribution is 6.30. The van der Waals surface area contributed by atoms with Crippen molar-refractivity contribution in [2.24, 2.45) is 0 Å². The average Bonchev–Trinajstić information content (AvgIpc) is 2.43. The van der Waals surface area contributed by atoms with Crippen LogP contribution in [0.25, 0.3) is 6.08 Å². The second-order valence-corrected chi connectivity index (χ2v) is 6.28. The maximum Gasteiger partial charge on any atom is 0.227 e. The van der Waals surface area contributed by atoms with Crippen LogP contribution < -0.4 is 0 Å². The molecule has 0 radical (unpaired) electrons. The fourth-order valence-electron chi connectivity index (χ4n) is 1.52. The fraction of sp³-hybridized carbons (Fsp3) is 0.429. The summed E-state index contributed by atoms with van der Waals surface area (Å²) in [6, 6.07) is 8.31. The van der Waals surface area contributed by atoms with E-state index in [4.69, 9.17) is 13.9 Å². The SMILES string of the molecule is C=Cc1cccc(CCO[SiH2]C(C)(OC)OC)c1. The Morgan fingerprint density at radius 2 is 2.06 bits per heavy atom. The maximum absolute atomic E-state index is 5.72. The Labute approximate surface area is 112 Å². The van der Waals surface area contributed by atoms with Crippen LogP contribution in [0.5, 0.6) is 0 Å². The van der Waals surface area contributed by atoms with Crippen LogP contribution >= 0.6 is 0 Å². The van der Waals surface area contributed by atoms with Gasteiger partial charge in [-0.25, -0.2) is 0 Å². The van der Waals surface area contributed by atoms with Gasteiger partial charge in [-0.3, -0.25) is 0 Å². The normalized spacial score (nSPS) is 12.2. The Morgan fingerprint density at radius 1 is 1.33 bits per heavy atom. The second kappa shape index (κ2) is 7.48. The highest BCUT2D eigenvalue weighted by Crippen LogP contribution is 2.09. The van der Waals surface area contributed by atoms with E-state index < -0.39 is 15.2 Å². The molecule has 0 bridgehead atoms. The van der Waals surface area contributed by atoms with Gasteiger partial charge in [0.05, 0.1) is 0 Å². The van der Waals surface area contributed by atoms with E-state index in [1.807, 2.05) is 25.1 Å². The molecule has 0 aliphatic rings. The molecule has 1 aromatic carbocycles. The minimum atomic E-state index is -0.867. The van der Waals surface area contributed by atoms with Gasteiger partial charge in [0.15, 0.2) is 5.41 Å². The van der Waals surface area contributed by atoms with Gasteiger partial charge in [0, 0.05) is 20.8 Å². The van der Waals surface area contributed by atoms with Gasteiger partial charge in [-0.1, -0.05) is 36.9 Å². The van der Waals surface area contributed by atoms with Crippen LogP contribution in [0, 0.1) is 0 Å². The van der Waals surface area contributed by atoms with Gasteiger partial charge >= 0.3 is 0 Å². The van der Waals surface area contributed by atoms with Crippen LogP contribution in [0.2, 0.25) is 0 Å². The van der Waals surface area contributed by atoms with Crippen molar-refractivity contribution in [3.63, 3.8) is 0 Å². The van der Waals surface area contributed by atoms with Gasteiger partial charge in [-0.05, 0) is 24.5 Å². The summed E-state index contributed by atoms with van der Waals surface area (Å²) in [5.74, 6) is 0. The predicted octanol–water partition coefficient (Wildman–Crippen LogP) is 1.94. The number of hydrogen-bond donors (Lipinski definition) is 0. The largest absolute Gasteiger partial charge is 0.417 e. The van der Waals surface area contributed by atoms with Crippen molar-refractivity contribution < 1.29 is 13.9 Å². The minimum absolute atomic E-state index is 0.525. The first kappa shape index (κ1) is 15.1. The van der Waals surface area contributed by atoms with Gasteiger partial charge in [0.2, 0.25) is 9.76 Å². The molecule has 0 aliphatic carbocycles. The Balaban J connectivity index is 2.35. The smallest absolute Gasteiger partial charge is 0.227 e. The van der Waals surface area contributed by atoms with Crippen LogP contribution in [0.1, 0.15) is 18.1 Å². The van der Waals surface area contributed by atoms with Crippen LogP contribution in [-0.2, 0) is 20.3 Å². The third-order valence-corrected chi connectivity index (χ3v) is 4.54. The molecule has 0 amide bonds. The number of methoxy groups -OCH3 is 2. The standard InChI is InChI=1S/C14H22O3Si/c1-5-12-7-6-8-13(11-12)9-10-17-18-14(2,15-3)16-4/h5-8,11H,1,9-10,18H2,2-4H3. The summed E-state index contributed by atoms with van der Waals surface area (Å²) in [7, 11) is 2.43. The minimum Gasteiger partial charge on any atom is -0.417 e. The van der Waals surface area contributed by atoms with E-state index in [1.165, 1.54) is 5.56 Å². The Hall–Kier alpha value is -0.943. The quantitative estimate of drug-likeness (QED) is 0.409. The van der Waals surface area contributed by atoms with E-state index in [-0.39, 0.29) is 0 Å². The molecule has 3 nitrogen and oxygen atoms in total. The summed E-state index contributed by atoms with van der Waals surface area (Å²) in [5, 5.41) is 0. The summed E-state index contributed by atoms with van der Waals surface area (Å²) >= 11 is 0. The van der Waals surface area contributed by atoms with E-state index in [1.54, 1.807) is 14.2 Å². The molecule has 0 aliphatic heterocycles. The molecule has 0 saturated heterocycles. The van der Waals surface area contributed by atoms with Crippen molar-refractivity contribution >= 4 is 15.8 Å². The van der Waals surface area contributed by atoms with Crippen LogP contribution in [0.4, 0.5) is 0 Å². The first-order chi connectivity index (χ1) is 8.63. The highest BCUT2D eigenvalue weighted by Gasteiger charge is 2.23. The van der Waals surface area contributed by atoms with Crippen molar-refractivity contribution in [2.45, 2.75) is 18.8 Å². The molecule has 4 heteroatoms. The van der Waals surface area contributed by atoms with Crippen molar-refractivity contribution in [3.8, 4) is 0 Å². The molecule has 0 saturated carbocycles. The molecule has 1 rings (SSSR count). The van der Waals surface area contributed by atoms with Crippen molar-refractivity contribution in [3.05, 3.63) is 42.0 Å². The van der Waals surface area contributed by atoms with Crippen molar-refractivity contribution in [1.29, 1.82) is 0 Å². The number of rotatable bonds is 8. The molecule has 0 aromatic heterocycles. The summed E-state index contributed by atoms with van der Waals surface area (Å²) in [6.07, 6.45) is 2.75. The molecule has 0 spiro atoms. The third kappa shape index (κ3) is 4.74. The van der Waals surface area contributed by atoms with E-state index in [2.05, 4.69) is 18.7 Å². The number of ether oxygens (including phenoxy) is 2. The van der Waals surface area contributed by atoms with Crippen molar-refractivity contribution in [2.75, 3.05) is 20.8 Å². The van der Waals surface area contributed by atoms with E-state index in [9.17, 15) is 0 Å². The lowest BCUT2D eigenvalue weighted by molar-refractivity contribution is -0.138. The fourth-order valence-corrected chi connectivity index (χ4v) is 2.42.